The molecule has 1 heterocycles. The van der Waals surface area contributed by atoms with E-state index in [1.54, 1.807) is 0 Å². The molecule has 0 spiro atoms. The molecule has 0 aliphatic rings. The van der Waals surface area contributed by atoms with Crippen LogP contribution in [0.15, 0.2) is 140 Å². The van der Waals surface area contributed by atoms with E-state index in [1.807, 2.05) is 18.2 Å². The van der Waals surface area contributed by atoms with Crippen LogP contribution in [0.3, 0.4) is 0 Å². The van der Waals surface area contributed by atoms with E-state index in [4.69, 9.17) is 0 Å². The standard InChI is InChI=1S/C31H21N.C7H8/c1-20-9-8-16-30-31(20)27-14-6-7-15-29(27)32(30)21-17-18-26-24-12-3-2-10-22(24)23-11-4-5-13-25(23)28(26)19-21;1-7-5-3-2-4-6-7/h2-19H,1H3;2-6H,1H3. The van der Waals surface area contributed by atoms with Gasteiger partial charge in [0, 0.05) is 16.5 Å². The van der Waals surface area contributed by atoms with E-state index in [9.17, 15) is 0 Å². The van der Waals surface area contributed by atoms with Crippen molar-refractivity contribution in [2.24, 2.45) is 0 Å². The topological polar surface area (TPSA) is 4.93 Å². The van der Waals surface area contributed by atoms with Crippen LogP contribution >= 0.6 is 0 Å². The molecule has 8 aromatic rings. The maximum absolute atomic E-state index is 2.42. The monoisotopic (exact) mass is 499 g/mol. The lowest BCUT2D eigenvalue weighted by molar-refractivity contribution is 1.19. The minimum Gasteiger partial charge on any atom is -0.309 e. The fourth-order valence-electron chi connectivity index (χ4n) is 6.05. The smallest absolute Gasteiger partial charge is 0.0543 e. The third kappa shape index (κ3) is 3.86. The number of nitrogens with zero attached hydrogens (tertiary/aromatic N) is 1. The van der Waals surface area contributed by atoms with Crippen molar-refractivity contribution < 1.29 is 0 Å². The van der Waals surface area contributed by atoms with Crippen molar-refractivity contribution in [3.8, 4) is 5.69 Å². The number of hydrogen-bond acceptors (Lipinski definition) is 0. The SMILES string of the molecule is Cc1cccc2c1c1ccccc1n2-c1ccc2c3ccccc3c3ccccc3c2c1.Cc1ccccc1. The molecule has 8 rings (SSSR count). The first kappa shape index (κ1) is 23.3. The minimum atomic E-state index is 1.20. The number of fused-ring (bicyclic) bond motifs is 9. The summed E-state index contributed by atoms with van der Waals surface area (Å²) in [6.07, 6.45) is 0. The van der Waals surface area contributed by atoms with Gasteiger partial charge >= 0.3 is 0 Å². The number of para-hydroxylation sites is 1. The van der Waals surface area contributed by atoms with Crippen LogP contribution in [0.25, 0.3) is 59.8 Å². The van der Waals surface area contributed by atoms with Crippen LogP contribution in [0.4, 0.5) is 0 Å². The highest BCUT2D eigenvalue weighted by molar-refractivity contribution is 6.25. The first-order chi connectivity index (χ1) is 19.2. The average molecular weight is 500 g/mol. The predicted octanol–water partition coefficient (Wildman–Crippen LogP) is 10.5. The fraction of sp³-hybridized carbons (Fsp3) is 0.0526. The summed E-state index contributed by atoms with van der Waals surface area (Å²) in [5, 5.41) is 10.5. The summed E-state index contributed by atoms with van der Waals surface area (Å²) < 4.78 is 2.42. The van der Waals surface area contributed by atoms with Crippen molar-refractivity contribution >= 4 is 54.1 Å². The Balaban J connectivity index is 0.000000318. The second-order valence-electron chi connectivity index (χ2n) is 10.3. The number of aromatic nitrogens is 1. The molecule has 1 heteroatoms. The Labute approximate surface area is 228 Å². The average Bonchev–Trinajstić information content (AvgIpc) is 3.33. The molecule has 0 amide bonds. The van der Waals surface area contributed by atoms with Gasteiger partial charge in [-0.2, -0.15) is 0 Å². The normalized spacial score (nSPS) is 11.3. The Morgan fingerprint density at radius 3 is 1.51 bits per heavy atom. The van der Waals surface area contributed by atoms with Crippen LogP contribution in [-0.4, -0.2) is 4.57 Å². The zero-order valence-corrected chi connectivity index (χ0v) is 22.2. The highest BCUT2D eigenvalue weighted by Crippen LogP contribution is 2.38. The summed E-state index contributed by atoms with van der Waals surface area (Å²) in [6, 6.07) is 50.1. The van der Waals surface area contributed by atoms with E-state index >= 15 is 0 Å². The molecule has 0 N–H and O–H groups in total. The number of benzene rings is 7. The van der Waals surface area contributed by atoms with Gasteiger partial charge in [0.2, 0.25) is 0 Å². The van der Waals surface area contributed by atoms with E-state index < -0.39 is 0 Å². The molecule has 186 valence electrons. The van der Waals surface area contributed by atoms with Crippen LogP contribution < -0.4 is 0 Å². The van der Waals surface area contributed by atoms with Crippen molar-refractivity contribution in [1.82, 2.24) is 4.57 Å². The van der Waals surface area contributed by atoms with Crippen LogP contribution in [0.2, 0.25) is 0 Å². The van der Waals surface area contributed by atoms with Crippen molar-refractivity contribution in [3.05, 3.63) is 151 Å². The molecule has 7 aromatic carbocycles. The van der Waals surface area contributed by atoms with Crippen molar-refractivity contribution in [2.75, 3.05) is 0 Å². The van der Waals surface area contributed by atoms with E-state index in [0.29, 0.717) is 0 Å². The molecular formula is C38H29N. The van der Waals surface area contributed by atoms with Gasteiger partial charge in [-0.1, -0.05) is 121 Å². The van der Waals surface area contributed by atoms with Gasteiger partial charge in [0.05, 0.1) is 11.0 Å². The molecular weight excluding hydrogens is 470 g/mol. The first-order valence-corrected chi connectivity index (χ1v) is 13.5. The van der Waals surface area contributed by atoms with Gasteiger partial charge in [0.1, 0.15) is 0 Å². The Morgan fingerprint density at radius 1 is 0.385 bits per heavy atom. The van der Waals surface area contributed by atoms with Crippen LogP contribution in [0.5, 0.6) is 0 Å². The van der Waals surface area contributed by atoms with E-state index in [0.717, 1.165) is 0 Å². The molecule has 0 unspecified atom stereocenters. The molecule has 0 bridgehead atoms. The van der Waals surface area contributed by atoms with Crippen LogP contribution in [0.1, 0.15) is 11.1 Å². The van der Waals surface area contributed by atoms with Crippen LogP contribution in [0, 0.1) is 13.8 Å². The molecule has 0 saturated carbocycles. The molecule has 0 aliphatic heterocycles. The van der Waals surface area contributed by atoms with Crippen molar-refractivity contribution in [3.63, 3.8) is 0 Å². The molecule has 0 fully saturated rings. The Bertz CT molecular complexity index is 2100. The molecule has 0 aliphatic carbocycles. The second-order valence-corrected chi connectivity index (χ2v) is 10.3. The largest absolute Gasteiger partial charge is 0.309 e. The van der Waals surface area contributed by atoms with Gasteiger partial charge in [-0.25, -0.2) is 0 Å². The highest BCUT2D eigenvalue weighted by atomic mass is 15.0. The molecule has 1 aromatic heterocycles. The van der Waals surface area contributed by atoms with Gasteiger partial charge < -0.3 is 4.57 Å². The molecule has 39 heavy (non-hydrogen) atoms. The molecule has 1 nitrogen and oxygen atoms in total. The van der Waals surface area contributed by atoms with Gasteiger partial charge in [-0.15, -0.1) is 0 Å². The summed E-state index contributed by atoms with van der Waals surface area (Å²) in [5.41, 5.74) is 6.35. The van der Waals surface area contributed by atoms with E-state index in [-0.39, 0.29) is 0 Å². The third-order valence-electron chi connectivity index (χ3n) is 7.83. The van der Waals surface area contributed by atoms with Crippen LogP contribution in [-0.2, 0) is 0 Å². The first-order valence-electron chi connectivity index (χ1n) is 13.5. The maximum atomic E-state index is 2.42. The molecule has 0 atom stereocenters. The summed E-state index contributed by atoms with van der Waals surface area (Å²) in [5.74, 6) is 0. The van der Waals surface area contributed by atoms with Gasteiger partial charge in [-0.05, 0) is 76.0 Å². The van der Waals surface area contributed by atoms with Gasteiger partial charge in [0.25, 0.3) is 0 Å². The second kappa shape index (κ2) is 9.45. The van der Waals surface area contributed by atoms with Crippen molar-refractivity contribution in [1.29, 1.82) is 0 Å². The van der Waals surface area contributed by atoms with Gasteiger partial charge in [0.15, 0.2) is 0 Å². The van der Waals surface area contributed by atoms with Gasteiger partial charge in [-0.3, -0.25) is 0 Å². The predicted molar refractivity (Wildman–Crippen MR) is 169 cm³/mol. The Morgan fingerprint density at radius 2 is 0.897 bits per heavy atom. The summed E-state index contributed by atoms with van der Waals surface area (Å²) in [4.78, 5) is 0. The quantitative estimate of drug-likeness (QED) is 0.198. The Kier molecular flexibility index (Phi) is 5.64. The van der Waals surface area contributed by atoms with E-state index in [2.05, 4.69) is 140 Å². The highest BCUT2D eigenvalue weighted by Gasteiger charge is 2.15. The zero-order chi connectivity index (χ0) is 26.3. The minimum absolute atomic E-state index is 1.20. The summed E-state index contributed by atoms with van der Waals surface area (Å²) >= 11 is 0. The zero-order valence-electron chi connectivity index (χ0n) is 22.2. The maximum Gasteiger partial charge on any atom is 0.0543 e. The third-order valence-corrected chi connectivity index (χ3v) is 7.83. The summed E-state index contributed by atoms with van der Waals surface area (Å²) in [6.45, 7) is 4.29. The lowest BCUT2D eigenvalue weighted by Crippen LogP contribution is -1.94. The Hall–Kier alpha value is -4.88. The van der Waals surface area contributed by atoms with Crippen molar-refractivity contribution in [2.45, 2.75) is 13.8 Å². The fourth-order valence-corrected chi connectivity index (χ4v) is 6.05. The molecule has 0 saturated heterocycles. The number of hydrogen-bond donors (Lipinski definition) is 0. The summed E-state index contributed by atoms with van der Waals surface area (Å²) in [7, 11) is 0. The lowest BCUT2D eigenvalue weighted by Gasteiger charge is -2.13. The van der Waals surface area contributed by atoms with E-state index in [1.165, 1.54) is 70.9 Å². The molecule has 0 radical (unpaired) electrons. The number of aryl methyl sites for hydroxylation is 2. The number of rotatable bonds is 1. The lowest BCUT2D eigenvalue weighted by atomic mass is 9.94.